The van der Waals surface area contributed by atoms with Crippen LogP contribution in [0.15, 0.2) is 16.4 Å². The first-order chi connectivity index (χ1) is 6.66. The highest BCUT2D eigenvalue weighted by Crippen LogP contribution is 2.28. The summed E-state index contributed by atoms with van der Waals surface area (Å²) in [6.07, 6.45) is 1.89. The number of hydrogen-bond acceptors (Lipinski definition) is 4. The van der Waals surface area contributed by atoms with E-state index in [9.17, 15) is 4.79 Å². The van der Waals surface area contributed by atoms with Crippen LogP contribution in [0, 0.1) is 6.92 Å². The van der Waals surface area contributed by atoms with Crippen LogP contribution in [0.2, 0.25) is 0 Å². The van der Waals surface area contributed by atoms with E-state index in [2.05, 4.69) is 5.32 Å². The number of thioether (sulfide) groups is 1. The summed E-state index contributed by atoms with van der Waals surface area (Å²) in [4.78, 5) is 13.1. The lowest BCUT2D eigenvalue weighted by atomic mass is 10.3. The zero-order valence-electron chi connectivity index (χ0n) is 7.37. The van der Waals surface area contributed by atoms with Crippen molar-refractivity contribution in [1.82, 2.24) is 5.32 Å². The fourth-order valence-corrected chi connectivity index (χ4v) is 3.03. The second-order valence-corrected chi connectivity index (χ2v) is 5.49. The smallest absolute Gasteiger partial charge is 0.263 e. The molecule has 0 saturated carbocycles. The Morgan fingerprint density at radius 1 is 1.57 bits per heavy atom. The van der Waals surface area contributed by atoms with Gasteiger partial charge < -0.3 is 5.32 Å². The molecule has 1 aliphatic rings. The first kappa shape index (κ1) is 9.89. The summed E-state index contributed by atoms with van der Waals surface area (Å²) in [6.45, 7) is 2.03. The van der Waals surface area contributed by atoms with Crippen LogP contribution in [0.1, 0.15) is 10.4 Å². The molecule has 2 rings (SSSR count). The van der Waals surface area contributed by atoms with Crippen molar-refractivity contribution in [2.75, 3.05) is 0 Å². The first-order valence-corrected chi connectivity index (χ1v) is 6.06. The summed E-state index contributed by atoms with van der Waals surface area (Å²) in [5.74, 6) is -0.0900. The molecule has 5 heteroatoms. The third kappa shape index (κ3) is 1.89. The second kappa shape index (κ2) is 3.84. The van der Waals surface area contributed by atoms with Gasteiger partial charge in [-0.1, -0.05) is 24.0 Å². The lowest BCUT2D eigenvalue weighted by Crippen LogP contribution is -2.17. The summed E-state index contributed by atoms with van der Waals surface area (Å²) in [5, 5.41) is 4.60. The monoisotopic (exact) mass is 241 g/mol. The molecule has 1 fully saturated rings. The third-order valence-electron chi connectivity index (χ3n) is 1.81. The quantitative estimate of drug-likeness (QED) is 0.605. The van der Waals surface area contributed by atoms with E-state index >= 15 is 0 Å². The molecule has 2 nitrogen and oxygen atoms in total. The van der Waals surface area contributed by atoms with Gasteiger partial charge in [-0.15, -0.1) is 11.3 Å². The molecule has 2 heterocycles. The molecule has 0 aromatic carbocycles. The van der Waals surface area contributed by atoms with Crippen molar-refractivity contribution < 1.29 is 4.79 Å². The van der Waals surface area contributed by atoms with E-state index in [1.165, 1.54) is 17.3 Å². The van der Waals surface area contributed by atoms with Gasteiger partial charge in [-0.3, -0.25) is 4.79 Å². The maximum atomic E-state index is 11.3. The van der Waals surface area contributed by atoms with E-state index in [0.29, 0.717) is 9.23 Å². The average Bonchev–Trinajstić information content (AvgIpc) is 2.62. The van der Waals surface area contributed by atoms with Crippen molar-refractivity contribution in [3.05, 3.63) is 26.8 Å². The molecule has 1 saturated heterocycles. The van der Waals surface area contributed by atoms with E-state index in [1.807, 2.05) is 24.4 Å². The summed E-state index contributed by atoms with van der Waals surface area (Å²) in [6, 6.07) is 2.03. The van der Waals surface area contributed by atoms with Crippen molar-refractivity contribution in [1.29, 1.82) is 0 Å². The van der Waals surface area contributed by atoms with Crippen LogP contribution in [0.25, 0.3) is 6.08 Å². The highest BCUT2D eigenvalue weighted by molar-refractivity contribution is 8.26. The Kier molecular flexibility index (Phi) is 2.71. The average molecular weight is 241 g/mol. The first-order valence-electron chi connectivity index (χ1n) is 3.96. The third-order valence-corrected chi connectivity index (χ3v) is 3.93. The Morgan fingerprint density at radius 3 is 2.86 bits per heavy atom. The number of nitrogens with one attached hydrogen (secondary N) is 1. The number of carbonyl (C=O) groups excluding carboxylic acids is 1. The maximum Gasteiger partial charge on any atom is 0.263 e. The molecule has 0 unspecified atom stereocenters. The predicted octanol–water partition coefficient (Wildman–Crippen LogP) is 2.55. The molecule has 1 N–H and O–H groups in total. The van der Waals surface area contributed by atoms with Gasteiger partial charge in [-0.2, -0.15) is 0 Å². The van der Waals surface area contributed by atoms with Gasteiger partial charge in [0.05, 0.1) is 4.91 Å². The molecule has 1 aromatic heterocycles. The van der Waals surface area contributed by atoms with Crippen LogP contribution >= 0.6 is 35.3 Å². The zero-order chi connectivity index (χ0) is 10.1. The molecular weight excluding hydrogens is 234 g/mol. The standard InChI is InChI=1S/C9H7NOS3/c1-5-2-3-13-6(5)4-7-8(11)10-9(12)14-7/h2-4H,1H3,(H,10,11,12). The Balaban J connectivity index is 2.32. The number of carbonyl (C=O) groups is 1. The molecule has 72 valence electrons. The molecule has 1 aliphatic heterocycles. The van der Waals surface area contributed by atoms with Crippen LogP contribution in [0.3, 0.4) is 0 Å². The lowest BCUT2D eigenvalue weighted by molar-refractivity contribution is -0.115. The van der Waals surface area contributed by atoms with Crippen molar-refractivity contribution >= 4 is 51.6 Å². The molecular formula is C9H7NOS3. The van der Waals surface area contributed by atoms with Gasteiger partial charge >= 0.3 is 0 Å². The normalized spacial score (nSPS) is 19.1. The number of thiocarbonyl (C=S) groups is 1. The fraction of sp³-hybridized carbons (Fsp3) is 0.111. The van der Waals surface area contributed by atoms with Crippen LogP contribution in [0.5, 0.6) is 0 Å². The minimum Gasteiger partial charge on any atom is -0.307 e. The Morgan fingerprint density at radius 2 is 2.36 bits per heavy atom. The van der Waals surface area contributed by atoms with Crippen LogP contribution in [-0.2, 0) is 4.79 Å². The van der Waals surface area contributed by atoms with E-state index in [4.69, 9.17) is 12.2 Å². The Hall–Kier alpha value is -0.650. The Labute approximate surface area is 95.4 Å². The number of amides is 1. The molecule has 0 spiro atoms. The minimum absolute atomic E-state index is 0.0900. The fourth-order valence-electron chi connectivity index (χ4n) is 1.07. The highest BCUT2D eigenvalue weighted by Gasteiger charge is 2.22. The summed E-state index contributed by atoms with van der Waals surface area (Å²) >= 11 is 7.84. The van der Waals surface area contributed by atoms with Crippen molar-refractivity contribution in [3.8, 4) is 0 Å². The zero-order valence-corrected chi connectivity index (χ0v) is 9.81. The number of rotatable bonds is 1. The predicted molar refractivity (Wildman–Crippen MR) is 65.4 cm³/mol. The van der Waals surface area contributed by atoms with Gasteiger partial charge in [0.25, 0.3) is 5.91 Å². The van der Waals surface area contributed by atoms with E-state index < -0.39 is 0 Å². The van der Waals surface area contributed by atoms with Crippen molar-refractivity contribution in [2.45, 2.75) is 6.92 Å². The van der Waals surface area contributed by atoms with Gasteiger partial charge in [0, 0.05) is 4.88 Å². The highest BCUT2D eigenvalue weighted by atomic mass is 32.2. The van der Waals surface area contributed by atoms with Crippen molar-refractivity contribution in [2.24, 2.45) is 0 Å². The molecule has 1 aromatic rings. The summed E-state index contributed by atoms with van der Waals surface area (Å²) in [5.41, 5.74) is 1.19. The molecule has 0 bridgehead atoms. The van der Waals surface area contributed by atoms with Crippen LogP contribution < -0.4 is 5.32 Å². The van der Waals surface area contributed by atoms with Crippen molar-refractivity contribution in [3.63, 3.8) is 0 Å². The lowest BCUT2D eigenvalue weighted by Gasteiger charge is -1.91. The van der Waals surface area contributed by atoms with Crippen LogP contribution in [0.4, 0.5) is 0 Å². The topological polar surface area (TPSA) is 29.1 Å². The van der Waals surface area contributed by atoms with Gasteiger partial charge in [0.2, 0.25) is 0 Å². The van der Waals surface area contributed by atoms with E-state index in [1.54, 1.807) is 11.3 Å². The molecule has 0 radical (unpaired) electrons. The molecule has 14 heavy (non-hydrogen) atoms. The SMILES string of the molecule is Cc1ccsc1C=C1SC(=S)NC1=O. The van der Waals surface area contributed by atoms with E-state index in [0.717, 1.165) is 4.88 Å². The van der Waals surface area contributed by atoms with Gasteiger partial charge in [-0.25, -0.2) is 0 Å². The molecule has 1 amide bonds. The van der Waals surface area contributed by atoms with Crippen LogP contribution in [-0.4, -0.2) is 10.2 Å². The largest absolute Gasteiger partial charge is 0.307 e. The van der Waals surface area contributed by atoms with E-state index in [-0.39, 0.29) is 5.91 Å². The number of hydrogen-bond donors (Lipinski definition) is 1. The minimum atomic E-state index is -0.0900. The molecule has 0 aliphatic carbocycles. The van der Waals surface area contributed by atoms with Gasteiger partial charge in [-0.05, 0) is 30.0 Å². The van der Waals surface area contributed by atoms with Gasteiger partial charge in [0.1, 0.15) is 4.32 Å². The number of aryl methyl sites for hydroxylation is 1. The number of thiophene rings is 1. The summed E-state index contributed by atoms with van der Waals surface area (Å²) in [7, 11) is 0. The van der Waals surface area contributed by atoms with Gasteiger partial charge in [0.15, 0.2) is 0 Å². The second-order valence-electron chi connectivity index (χ2n) is 2.82. The molecule has 0 atom stereocenters. The summed E-state index contributed by atoms with van der Waals surface area (Å²) < 4.78 is 0.537. The maximum absolute atomic E-state index is 11.3. The Bertz CT molecular complexity index is 433.